The van der Waals surface area contributed by atoms with Crippen molar-refractivity contribution in [2.45, 2.75) is 46.0 Å². The van der Waals surface area contributed by atoms with E-state index in [1.807, 2.05) is 0 Å². The quantitative estimate of drug-likeness (QED) is 0.583. The van der Waals surface area contributed by atoms with E-state index in [2.05, 4.69) is 64.1 Å². The zero-order valence-electron chi connectivity index (χ0n) is 12.6. The molecule has 0 heterocycles. The molecule has 0 aromatic heterocycles. The number of rotatable bonds is 4. The molecule has 0 amide bonds. The van der Waals surface area contributed by atoms with E-state index in [4.69, 9.17) is 0 Å². The first-order valence-corrected chi connectivity index (χ1v) is 8.41. The molecule has 1 aliphatic rings. The Morgan fingerprint density at radius 3 is 1.90 bits per heavy atom. The Morgan fingerprint density at radius 2 is 1.50 bits per heavy atom. The summed E-state index contributed by atoms with van der Waals surface area (Å²) in [6.45, 7) is 9.26. The second kappa shape index (κ2) is 9.10. The molecular weight excluding hydrogens is 323 g/mol. The Kier molecular flexibility index (Phi) is 9.10. The van der Waals surface area contributed by atoms with E-state index in [1.165, 1.54) is 6.42 Å². The maximum Gasteiger partial charge on any atom is -1.00 e. The number of allylic oxidation sites excluding steroid dienone is 4. The molecule has 0 N–H and O–H groups in total. The van der Waals surface area contributed by atoms with Crippen molar-refractivity contribution >= 4 is 3.87 Å². The number of hydrogen-bond donors (Lipinski definition) is 0. The van der Waals surface area contributed by atoms with Gasteiger partial charge in [-0.05, 0) is 0 Å². The largest absolute Gasteiger partial charge is 1.00 e. The Morgan fingerprint density at radius 1 is 0.950 bits per heavy atom. The van der Waals surface area contributed by atoms with Crippen molar-refractivity contribution in [1.82, 2.24) is 0 Å². The minimum atomic E-state index is -0.140. The molecule has 0 bridgehead atoms. The van der Waals surface area contributed by atoms with Gasteiger partial charge in [-0.1, -0.05) is 0 Å². The van der Waals surface area contributed by atoms with Gasteiger partial charge in [-0.2, -0.15) is 0 Å². The predicted molar refractivity (Wildman–Crippen MR) is 76.1 cm³/mol. The summed E-state index contributed by atoms with van der Waals surface area (Å²) in [5.74, 6) is 1.27. The van der Waals surface area contributed by atoms with Crippen molar-refractivity contribution in [1.29, 1.82) is 0 Å². The molecule has 0 nitrogen and oxygen atoms in total. The van der Waals surface area contributed by atoms with Crippen LogP contribution < -0.4 is 28.7 Å². The molecular formula is C17H22Cl2Ti. The van der Waals surface area contributed by atoms with Gasteiger partial charge < -0.3 is 24.8 Å². The van der Waals surface area contributed by atoms with Gasteiger partial charge in [0.15, 0.2) is 0 Å². The average Bonchev–Trinajstić information content (AvgIpc) is 2.81. The smallest absolute Gasteiger partial charge is 1.00 e. The van der Waals surface area contributed by atoms with Crippen LogP contribution in [-0.4, -0.2) is 0 Å². The Labute approximate surface area is 144 Å². The normalized spacial score (nSPS) is 12.8. The van der Waals surface area contributed by atoms with Gasteiger partial charge in [0, 0.05) is 0 Å². The molecule has 1 aromatic rings. The summed E-state index contributed by atoms with van der Waals surface area (Å²) in [4.78, 5) is 0. The number of benzene rings is 1. The fourth-order valence-electron chi connectivity index (χ4n) is 2.40. The molecule has 1 aromatic carbocycles. The summed E-state index contributed by atoms with van der Waals surface area (Å²) in [6.07, 6.45) is 8.02. The summed E-state index contributed by atoms with van der Waals surface area (Å²) in [7, 11) is 0. The van der Waals surface area contributed by atoms with E-state index in [0.717, 1.165) is 0 Å². The monoisotopic (exact) mass is 344 g/mol. The summed E-state index contributed by atoms with van der Waals surface area (Å²) in [5, 5.41) is 0. The Balaban J connectivity index is 0.00000180. The zero-order valence-corrected chi connectivity index (χ0v) is 15.7. The molecule has 0 saturated heterocycles. The van der Waals surface area contributed by atoms with Gasteiger partial charge in [-0.3, -0.25) is 0 Å². The van der Waals surface area contributed by atoms with Crippen LogP contribution in [0.25, 0.3) is 0 Å². The van der Waals surface area contributed by atoms with E-state index < -0.39 is 0 Å². The second-order valence-electron chi connectivity index (χ2n) is 5.57. The van der Waals surface area contributed by atoms with Crippen LogP contribution in [0, 0.1) is 0 Å². The van der Waals surface area contributed by atoms with Crippen molar-refractivity contribution in [2.75, 3.05) is 0 Å². The third-order valence-corrected chi connectivity index (χ3v) is 5.80. The molecule has 0 spiro atoms. The first-order chi connectivity index (χ1) is 8.59. The molecule has 3 heteroatoms. The maximum atomic E-state index is 2.33. The maximum absolute atomic E-state index is 2.33. The average molecular weight is 345 g/mol. The Bertz CT molecular complexity index is 462. The van der Waals surface area contributed by atoms with Crippen LogP contribution in [0.15, 0.2) is 40.3 Å². The molecule has 1 aliphatic carbocycles. The Hall–Kier alpha value is -0.00571. The van der Waals surface area contributed by atoms with Crippen molar-refractivity contribution < 1.29 is 44.0 Å². The molecule has 0 saturated carbocycles. The molecule has 2 rings (SSSR count). The van der Waals surface area contributed by atoms with Crippen molar-refractivity contribution in [2.24, 2.45) is 0 Å². The van der Waals surface area contributed by atoms with Crippen molar-refractivity contribution in [3.05, 3.63) is 51.4 Å². The van der Waals surface area contributed by atoms with Gasteiger partial charge in [0.2, 0.25) is 0 Å². The minimum absolute atomic E-state index is 0. The van der Waals surface area contributed by atoms with Crippen LogP contribution in [0.2, 0.25) is 0 Å². The van der Waals surface area contributed by atoms with Gasteiger partial charge in [0.1, 0.15) is 0 Å². The summed E-state index contributed by atoms with van der Waals surface area (Å²) >= 11 is -0.140. The van der Waals surface area contributed by atoms with E-state index in [-0.39, 0.29) is 44.0 Å². The molecule has 0 unspecified atom stereocenters. The third kappa shape index (κ3) is 4.77. The molecule has 0 aliphatic heterocycles. The van der Waals surface area contributed by atoms with E-state index in [0.29, 0.717) is 11.8 Å². The van der Waals surface area contributed by atoms with Gasteiger partial charge in [-0.15, -0.1) is 0 Å². The van der Waals surface area contributed by atoms with E-state index in [9.17, 15) is 0 Å². The third-order valence-electron chi connectivity index (χ3n) is 3.43. The van der Waals surface area contributed by atoms with Crippen LogP contribution in [0.1, 0.15) is 57.1 Å². The molecule has 0 atom stereocenters. The fourth-order valence-corrected chi connectivity index (χ4v) is 5.13. The van der Waals surface area contributed by atoms with Crippen LogP contribution in [-0.2, 0) is 19.2 Å². The molecule has 0 radical (unpaired) electrons. The van der Waals surface area contributed by atoms with Crippen LogP contribution in [0.5, 0.6) is 0 Å². The summed E-state index contributed by atoms with van der Waals surface area (Å²) in [6, 6.07) is 6.90. The molecule has 20 heavy (non-hydrogen) atoms. The first-order valence-electron chi connectivity index (χ1n) is 6.85. The van der Waals surface area contributed by atoms with Gasteiger partial charge >= 0.3 is 120 Å². The van der Waals surface area contributed by atoms with Gasteiger partial charge in [0.25, 0.3) is 0 Å². The van der Waals surface area contributed by atoms with Crippen LogP contribution >= 0.6 is 0 Å². The summed E-state index contributed by atoms with van der Waals surface area (Å²) < 4.78 is 3.36. The first kappa shape index (κ1) is 20.0. The van der Waals surface area contributed by atoms with Crippen LogP contribution in [0.4, 0.5) is 0 Å². The number of hydrogen-bond acceptors (Lipinski definition) is 0. The van der Waals surface area contributed by atoms with Crippen molar-refractivity contribution in [3.63, 3.8) is 0 Å². The zero-order chi connectivity index (χ0) is 13.1. The molecule has 0 fully saturated rings. The van der Waals surface area contributed by atoms with Crippen molar-refractivity contribution in [3.8, 4) is 0 Å². The molecule has 108 valence electrons. The van der Waals surface area contributed by atoms with Gasteiger partial charge in [-0.25, -0.2) is 0 Å². The topological polar surface area (TPSA) is 0 Å². The fraction of sp³-hybridized carbons (Fsp3) is 0.412. The van der Waals surface area contributed by atoms with Gasteiger partial charge in [0.05, 0.1) is 0 Å². The minimum Gasteiger partial charge on any atom is -1.00 e. The van der Waals surface area contributed by atoms with E-state index >= 15 is 0 Å². The second-order valence-corrected chi connectivity index (χ2v) is 7.74. The number of halogens is 2. The standard InChI is InChI=1S/C12H17.C5H5.2ClH.Ti/c1-9(2)11-6-5-7-12(8-11)10(3)4;1-2-4-5-3-1;;;/h5-7,9-10H,1-4H3;1-3H,4H2;2*1H;/q;;;;+2/p-2. The summed E-state index contributed by atoms with van der Waals surface area (Å²) in [5.41, 5.74) is 3.16. The van der Waals surface area contributed by atoms with E-state index in [1.54, 1.807) is 18.9 Å². The SMILES string of the molecule is CC(C)c1cccc(C(C)C)[c]1[Ti+2][C]1=CC=CC1.[Cl-].[Cl-]. The van der Waals surface area contributed by atoms with Crippen LogP contribution in [0.3, 0.4) is 0 Å². The predicted octanol–water partition coefficient (Wildman–Crippen LogP) is -1.51.